The predicted octanol–water partition coefficient (Wildman–Crippen LogP) is 3.30. The largest absolute Gasteiger partial charge is 0.489 e. The highest BCUT2D eigenvalue weighted by molar-refractivity contribution is 5.76. The predicted molar refractivity (Wildman–Crippen MR) is 95.0 cm³/mol. The topological polar surface area (TPSA) is 38.8 Å². The number of likely N-dealkylation sites (N-methyl/N-ethyl adjacent to an activating group) is 1. The zero-order valence-electron chi connectivity index (χ0n) is 14.6. The summed E-state index contributed by atoms with van der Waals surface area (Å²) in [5, 5.41) is 0. The zero-order chi connectivity index (χ0) is 17.4. The minimum atomic E-state index is -0.268. The molecule has 0 aliphatic heterocycles. The summed E-state index contributed by atoms with van der Waals surface area (Å²) < 4.78 is 10.7. The van der Waals surface area contributed by atoms with E-state index in [0.717, 1.165) is 23.4 Å². The maximum absolute atomic E-state index is 12.0. The van der Waals surface area contributed by atoms with Gasteiger partial charge in [-0.1, -0.05) is 49.4 Å². The molecule has 4 nitrogen and oxygen atoms in total. The van der Waals surface area contributed by atoms with Crippen LogP contribution in [0.5, 0.6) is 5.75 Å². The number of benzene rings is 2. The molecule has 0 bridgehead atoms. The van der Waals surface area contributed by atoms with Gasteiger partial charge in [-0.3, -0.25) is 9.69 Å². The second kappa shape index (κ2) is 9.08. The summed E-state index contributed by atoms with van der Waals surface area (Å²) in [4.78, 5) is 13.9. The zero-order valence-corrected chi connectivity index (χ0v) is 14.6. The van der Waals surface area contributed by atoms with Crippen LogP contribution in [-0.4, -0.2) is 37.6 Å². The first-order chi connectivity index (χ1) is 11.6. The van der Waals surface area contributed by atoms with Crippen molar-refractivity contribution in [3.63, 3.8) is 0 Å². The summed E-state index contributed by atoms with van der Waals surface area (Å²) >= 11 is 0. The van der Waals surface area contributed by atoms with Crippen LogP contribution in [-0.2, 0) is 22.6 Å². The van der Waals surface area contributed by atoms with Gasteiger partial charge in [-0.2, -0.15) is 0 Å². The van der Waals surface area contributed by atoms with Gasteiger partial charge in [-0.05, 0) is 43.3 Å². The van der Waals surface area contributed by atoms with Crippen molar-refractivity contribution in [2.75, 3.05) is 20.7 Å². The fraction of sp³-hybridized carbons (Fsp3) is 0.350. The first-order valence-corrected chi connectivity index (χ1v) is 8.17. The molecule has 0 aliphatic carbocycles. The molecule has 0 fully saturated rings. The number of esters is 1. The fourth-order valence-corrected chi connectivity index (χ4v) is 2.46. The van der Waals surface area contributed by atoms with E-state index in [1.54, 1.807) is 0 Å². The van der Waals surface area contributed by atoms with Crippen LogP contribution in [0.25, 0.3) is 0 Å². The maximum atomic E-state index is 12.0. The molecule has 2 aromatic carbocycles. The van der Waals surface area contributed by atoms with Crippen LogP contribution in [0.4, 0.5) is 0 Å². The summed E-state index contributed by atoms with van der Waals surface area (Å²) in [5.41, 5.74) is 2.22. The highest BCUT2D eigenvalue weighted by Gasteiger charge is 2.23. The van der Waals surface area contributed by atoms with E-state index in [4.69, 9.17) is 9.47 Å². The van der Waals surface area contributed by atoms with Crippen LogP contribution < -0.4 is 4.74 Å². The number of nitrogens with zero attached hydrogens (tertiary/aromatic N) is 1. The highest BCUT2D eigenvalue weighted by atomic mass is 16.5. The molecule has 4 heteroatoms. The first-order valence-electron chi connectivity index (χ1n) is 8.17. The maximum Gasteiger partial charge on any atom is 0.323 e. The molecule has 0 N–H and O–H groups in total. The quantitative estimate of drug-likeness (QED) is 0.697. The second-order valence-electron chi connectivity index (χ2n) is 5.73. The highest BCUT2D eigenvalue weighted by Crippen LogP contribution is 2.16. The summed E-state index contributed by atoms with van der Waals surface area (Å²) in [7, 11) is 3.36. The number of ether oxygens (including phenoxy) is 2. The van der Waals surface area contributed by atoms with Gasteiger partial charge in [0.2, 0.25) is 0 Å². The lowest BCUT2D eigenvalue weighted by molar-refractivity contribution is -0.146. The molecule has 1 atom stereocenters. The summed E-state index contributed by atoms with van der Waals surface area (Å²) in [6, 6.07) is 17.7. The Balaban J connectivity index is 1.96. The Hall–Kier alpha value is -2.33. The fourth-order valence-electron chi connectivity index (χ4n) is 2.46. The van der Waals surface area contributed by atoms with Crippen LogP contribution in [0, 0.1) is 0 Å². The number of carbonyl (C=O) groups excluding carboxylic acids is 1. The third-order valence-corrected chi connectivity index (χ3v) is 4.10. The average Bonchev–Trinajstić information content (AvgIpc) is 2.65. The van der Waals surface area contributed by atoms with E-state index < -0.39 is 0 Å². The Labute approximate surface area is 144 Å². The SMILES string of the molecule is CCN(C)[C@@H](Cc1ccc(OCc2ccccc2)cc1)C(=O)OC. The molecule has 0 radical (unpaired) electrons. The van der Waals surface area contributed by atoms with Crippen molar-refractivity contribution in [3.05, 3.63) is 65.7 Å². The number of hydrogen-bond acceptors (Lipinski definition) is 4. The Morgan fingerprint density at radius 1 is 1.04 bits per heavy atom. The molecule has 0 heterocycles. The van der Waals surface area contributed by atoms with Crippen LogP contribution in [0.3, 0.4) is 0 Å². The number of hydrogen-bond donors (Lipinski definition) is 0. The molecule has 0 amide bonds. The van der Waals surface area contributed by atoms with Gasteiger partial charge in [0.25, 0.3) is 0 Å². The third kappa shape index (κ3) is 5.10. The summed E-state index contributed by atoms with van der Waals surface area (Å²) in [6.45, 7) is 3.36. The number of carbonyl (C=O) groups is 1. The molecule has 0 unspecified atom stereocenters. The van der Waals surface area contributed by atoms with Crippen molar-refractivity contribution in [2.45, 2.75) is 26.0 Å². The van der Waals surface area contributed by atoms with Gasteiger partial charge < -0.3 is 9.47 Å². The van der Waals surface area contributed by atoms with E-state index in [9.17, 15) is 4.79 Å². The van der Waals surface area contributed by atoms with Crippen molar-refractivity contribution in [1.82, 2.24) is 4.90 Å². The minimum absolute atomic E-state index is 0.205. The molecule has 0 aromatic heterocycles. The Bertz CT molecular complexity index is 625. The molecular formula is C20H25NO3. The summed E-state index contributed by atoms with van der Waals surface area (Å²) in [5.74, 6) is 0.616. The summed E-state index contributed by atoms with van der Waals surface area (Å²) in [6.07, 6.45) is 0.621. The monoisotopic (exact) mass is 327 g/mol. The van der Waals surface area contributed by atoms with E-state index in [-0.39, 0.29) is 12.0 Å². The van der Waals surface area contributed by atoms with Crippen molar-refractivity contribution < 1.29 is 14.3 Å². The molecule has 24 heavy (non-hydrogen) atoms. The Kier molecular flexibility index (Phi) is 6.82. The first kappa shape index (κ1) is 18.0. The number of methoxy groups -OCH3 is 1. The molecule has 0 saturated heterocycles. The molecular weight excluding hydrogens is 302 g/mol. The van der Waals surface area contributed by atoms with Gasteiger partial charge >= 0.3 is 5.97 Å². The lowest BCUT2D eigenvalue weighted by Crippen LogP contribution is -2.40. The third-order valence-electron chi connectivity index (χ3n) is 4.10. The van der Waals surface area contributed by atoms with E-state index in [1.807, 2.05) is 73.5 Å². The van der Waals surface area contributed by atoms with Gasteiger partial charge in [0.15, 0.2) is 0 Å². The standard InChI is InChI=1S/C20H25NO3/c1-4-21(2)19(20(22)23-3)14-16-10-12-18(13-11-16)24-15-17-8-6-5-7-9-17/h5-13,19H,4,14-15H2,1-3H3/t19-/m0/s1. The van der Waals surface area contributed by atoms with E-state index in [2.05, 4.69) is 0 Å². The molecule has 0 saturated carbocycles. The van der Waals surface area contributed by atoms with Gasteiger partial charge in [-0.15, -0.1) is 0 Å². The smallest absolute Gasteiger partial charge is 0.323 e. The van der Waals surface area contributed by atoms with Crippen molar-refractivity contribution in [2.24, 2.45) is 0 Å². The van der Waals surface area contributed by atoms with E-state index >= 15 is 0 Å². The van der Waals surface area contributed by atoms with Gasteiger partial charge in [0.05, 0.1) is 7.11 Å². The average molecular weight is 327 g/mol. The minimum Gasteiger partial charge on any atom is -0.489 e. The van der Waals surface area contributed by atoms with Crippen molar-refractivity contribution in [3.8, 4) is 5.75 Å². The lowest BCUT2D eigenvalue weighted by atomic mass is 10.0. The molecule has 2 rings (SSSR count). The van der Waals surface area contributed by atoms with Crippen molar-refractivity contribution in [1.29, 1.82) is 0 Å². The molecule has 2 aromatic rings. The van der Waals surface area contributed by atoms with Crippen LogP contribution in [0.2, 0.25) is 0 Å². The van der Waals surface area contributed by atoms with Crippen LogP contribution >= 0.6 is 0 Å². The Morgan fingerprint density at radius 3 is 2.29 bits per heavy atom. The number of rotatable bonds is 8. The lowest BCUT2D eigenvalue weighted by Gasteiger charge is -2.24. The van der Waals surface area contributed by atoms with Crippen LogP contribution in [0.1, 0.15) is 18.1 Å². The normalized spacial score (nSPS) is 12.0. The van der Waals surface area contributed by atoms with Gasteiger partial charge in [0.1, 0.15) is 18.4 Å². The van der Waals surface area contributed by atoms with Crippen LogP contribution in [0.15, 0.2) is 54.6 Å². The second-order valence-corrected chi connectivity index (χ2v) is 5.73. The molecule has 128 valence electrons. The molecule has 0 spiro atoms. The molecule has 0 aliphatic rings. The van der Waals surface area contributed by atoms with Gasteiger partial charge in [0, 0.05) is 0 Å². The van der Waals surface area contributed by atoms with E-state index in [0.29, 0.717) is 13.0 Å². The van der Waals surface area contributed by atoms with Gasteiger partial charge in [-0.25, -0.2) is 0 Å². The Morgan fingerprint density at radius 2 is 1.71 bits per heavy atom. The van der Waals surface area contributed by atoms with E-state index in [1.165, 1.54) is 7.11 Å². The van der Waals surface area contributed by atoms with Crippen molar-refractivity contribution >= 4 is 5.97 Å².